The summed E-state index contributed by atoms with van der Waals surface area (Å²) < 4.78 is 0. The van der Waals surface area contributed by atoms with Crippen LogP contribution in [0.1, 0.15) is 17.3 Å². The van der Waals surface area contributed by atoms with Crippen LogP contribution in [-0.4, -0.2) is 16.4 Å². The van der Waals surface area contributed by atoms with Crippen molar-refractivity contribution in [1.29, 1.82) is 0 Å². The van der Waals surface area contributed by atoms with E-state index in [2.05, 4.69) is 15.9 Å². The Kier molecular flexibility index (Phi) is 3.37. The van der Waals surface area contributed by atoms with Gasteiger partial charge in [-0.25, -0.2) is 0 Å². The molecule has 0 N–H and O–H groups in total. The van der Waals surface area contributed by atoms with Crippen LogP contribution in [0.5, 0.6) is 0 Å². The maximum absolute atomic E-state index is 11.5. The predicted octanol–water partition coefficient (Wildman–Crippen LogP) is 2.22. The van der Waals surface area contributed by atoms with E-state index in [1.54, 1.807) is 24.3 Å². The summed E-state index contributed by atoms with van der Waals surface area (Å²) in [5.41, 5.74) is 0.555. The highest BCUT2D eigenvalue weighted by molar-refractivity contribution is 9.10. The van der Waals surface area contributed by atoms with Gasteiger partial charge in [-0.1, -0.05) is 46.3 Å². The molecule has 0 bridgehead atoms. The van der Waals surface area contributed by atoms with E-state index in [-0.39, 0.29) is 11.6 Å². The van der Waals surface area contributed by atoms with E-state index in [0.29, 0.717) is 5.56 Å². The molecule has 0 fully saturated rings. The van der Waals surface area contributed by atoms with Crippen molar-refractivity contribution < 1.29 is 9.59 Å². The number of carbonyl (C=O) groups is 2. The second-order valence-electron chi connectivity index (χ2n) is 2.70. The number of ketones is 2. The lowest BCUT2D eigenvalue weighted by molar-refractivity contribution is -0.115. The topological polar surface area (TPSA) is 34.1 Å². The zero-order valence-electron chi connectivity index (χ0n) is 7.16. The normalized spacial score (nSPS) is 12.2. The highest BCUT2D eigenvalue weighted by Crippen LogP contribution is 2.10. The Morgan fingerprint density at radius 1 is 1.23 bits per heavy atom. The second kappa shape index (κ2) is 4.33. The highest BCUT2D eigenvalue weighted by Gasteiger charge is 2.20. The van der Waals surface area contributed by atoms with Gasteiger partial charge in [-0.15, -0.1) is 0 Å². The van der Waals surface area contributed by atoms with E-state index in [1.807, 2.05) is 6.07 Å². The number of hydrogen-bond acceptors (Lipinski definition) is 2. The van der Waals surface area contributed by atoms with Gasteiger partial charge in [-0.05, 0) is 6.92 Å². The fourth-order valence-electron chi connectivity index (χ4n) is 0.933. The summed E-state index contributed by atoms with van der Waals surface area (Å²) >= 11 is 3.05. The van der Waals surface area contributed by atoms with Crippen LogP contribution in [0.15, 0.2) is 30.3 Å². The molecule has 0 saturated carbocycles. The molecule has 3 heteroatoms. The largest absolute Gasteiger partial charge is 0.298 e. The average molecular weight is 241 g/mol. The lowest BCUT2D eigenvalue weighted by Crippen LogP contribution is -2.21. The van der Waals surface area contributed by atoms with E-state index < -0.39 is 4.83 Å². The molecule has 0 unspecified atom stereocenters. The summed E-state index contributed by atoms with van der Waals surface area (Å²) in [6.45, 7) is 1.39. The lowest BCUT2D eigenvalue weighted by atomic mass is 10.1. The molecule has 1 rings (SSSR count). The molecule has 13 heavy (non-hydrogen) atoms. The number of carbonyl (C=O) groups excluding carboxylic acids is 2. The number of rotatable bonds is 3. The summed E-state index contributed by atoms with van der Waals surface area (Å²) in [6, 6.07) is 8.76. The third kappa shape index (κ3) is 2.49. The van der Waals surface area contributed by atoms with Gasteiger partial charge in [-0.2, -0.15) is 0 Å². The SMILES string of the molecule is CC(=O)[C@@H](Br)C(=O)c1ccccc1. The van der Waals surface area contributed by atoms with Crippen LogP contribution < -0.4 is 0 Å². The Labute approximate surface area is 85.1 Å². The van der Waals surface area contributed by atoms with Crippen molar-refractivity contribution in [2.75, 3.05) is 0 Å². The summed E-state index contributed by atoms with van der Waals surface area (Å²) in [6.07, 6.45) is 0. The van der Waals surface area contributed by atoms with Crippen LogP contribution in [0.25, 0.3) is 0 Å². The monoisotopic (exact) mass is 240 g/mol. The Morgan fingerprint density at radius 2 is 1.77 bits per heavy atom. The Morgan fingerprint density at radius 3 is 2.23 bits per heavy atom. The first kappa shape index (κ1) is 10.1. The van der Waals surface area contributed by atoms with Crippen LogP contribution >= 0.6 is 15.9 Å². The Bertz CT molecular complexity index is 319. The molecule has 0 aromatic heterocycles. The van der Waals surface area contributed by atoms with Crippen LogP contribution in [0, 0.1) is 0 Å². The fourth-order valence-corrected chi connectivity index (χ4v) is 1.20. The minimum Gasteiger partial charge on any atom is -0.298 e. The lowest BCUT2D eigenvalue weighted by Gasteiger charge is -2.03. The van der Waals surface area contributed by atoms with E-state index >= 15 is 0 Å². The van der Waals surface area contributed by atoms with Gasteiger partial charge in [0, 0.05) is 5.56 Å². The van der Waals surface area contributed by atoms with Gasteiger partial charge in [-0.3, -0.25) is 9.59 Å². The van der Waals surface area contributed by atoms with Gasteiger partial charge in [0.1, 0.15) is 4.83 Å². The van der Waals surface area contributed by atoms with Crippen LogP contribution in [0.4, 0.5) is 0 Å². The molecular weight excluding hydrogens is 232 g/mol. The maximum atomic E-state index is 11.5. The molecule has 0 aliphatic heterocycles. The number of Topliss-reactive ketones (excluding diaryl/α,β-unsaturated/α-hetero) is 2. The van der Waals surface area contributed by atoms with E-state index in [4.69, 9.17) is 0 Å². The Balaban J connectivity index is 2.86. The van der Waals surface area contributed by atoms with Crippen molar-refractivity contribution in [1.82, 2.24) is 0 Å². The molecule has 1 atom stereocenters. The maximum Gasteiger partial charge on any atom is 0.183 e. The van der Waals surface area contributed by atoms with Gasteiger partial charge in [0.15, 0.2) is 11.6 Å². The van der Waals surface area contributed by atoms with E-state index in [9.17, 15) is 9.59 Å². The van der Waals surface area contributed by atoms with Gasteiger partial charge in [0.05, 0.1) is 0 Å². The molecule has 1 aromatic carbocycles. The molecule has 0 heterocycles. The summed E-state index contributed by atoms with van der Waals surface area (Å²) in [4.78, 5) is 21.7. The van der Waals surface area contributed by atoms with Crippen molar-refractivity contribution in [3.05, 3.63) is 35.9 Å². The average Bonchev–Trinajstić information content (AvgIpc) is 2.17. The second-order valence-corrected chi connectivity index (χ2v) is 3.62. The molecule has 68 valence electrons. The first-order chi connectivity index (χ1) is 6.13. The zero-order chi connectivity index (χ0) is 9.84. The van der Waals surface area contributed by atoms with Gasteiger partial charge in [0.25, 0.3) is 0 Å². The molecule has 0 saturated heterocycles. The van der Waals surface area contributed by atoms with Crippen LogP contribution in [-0.2, 0) is 4.79 Å². The van der Waals surface area contributed by atoms with E-state index in [0.717, 1.165) is 0 Å². The fraction of sp³-hybridized carbons (Fsp3) is 0.200. The smallest absolute Gasteiger partial charge is 0.183 e. The number of halogens is 1. The quantitative estimate of drug-likeness (QED) is 0.462. The van der Waals surface area contributed by atoms with Gasteiger partial charge in [0.2, 0.25) is 0 Å². The minimum absolute atomic E-state index is 0.172. The van der Waals surface area contributed by atoms with Crippen molar-refractivity contribution in [2.45, 2.75) is 11.8 Å². The third-order valence-electron chi connectivity index (χ3n) is 1.65. The standard InChI is InChI=1S/C10H9BrO2/c1-7(12)9(11)10(13)8-5-3-2-4-6-8/h2-6,9H,1H3/t9-/m1/s1. The highest BCUT2D eigenvalue weighted by atomic mass is 79.9. The first-order valence-corrected chi connectivity index (χ1v) is 4.78. The molecule has 0 aliphatic carbocycles. The molecule has 0 aliphatic rings. The number of alkyl halides is 1. The van der Waals surface area contributed by atoms with E-state index in [1.165, 1.54) is 6.92 Å². The molecule has 0 radical (unpaired) electrons. The summed E-state index contributed by atoms with van der Waals surface area (Å²) in [5.74, 6) is -0.359. The summed E-state index contributed by atoms with van der Waals surface area (Å²) in [5, 5.41) is 0. The van der Waals surface area contributed by atoms with Crippen molar-refractivity contribution >= 4 is 27.5 Å². The van der Waals surface area contributed by atoms with Crippen molar-refractivity contribution in [3.8, 4) is 0 Å². The Hall–Kier alpha value is -0.960. The first-order valence-electron chi connectivity index (χ1n) is 3.86. The molecule has 1 aromatic rings. The molecule has 0 amide bonds. The van der Waals surface area contributed by atoms with Gasteiger partial charge >= 0.3 is 0 Å². The molecule has 2 nitrogen and oxygen atoms in total. The molecular formula is C10H9BrO2. The van der Waals surface area contributed by atoms with Crippen molar-refractivity contribution in [3.63, 3.8) is 0 Å². The zero-order valence-corrected chi connectivity index (χ0v) is 8.74. The number of benzene rings is 1. The van der Waals surface area contributed by atoms with Crippen LogP contribution in [0.3, 0.4) is 0 Å². The summed E-state index contributed by atoms with van der Waals surface area (Å²) in [7, 11) is 0. The molecule has 0 spiro atoms. The van der Waals surface area contributed by atoms with Crippen molar-refractivity contribution in [2.24, 2.45) is 0 Å². The van der Waals surface area contributed by atoms with Crippen LogP contribution in [0.2, 0.25) is 0 Å². The predicted molar refractivity (Wildman–Crippen MR) is 54.2 cm³/mol. The van der Waals surface area contributed by atoms with Gasteiger partial charge < -0.3 is 0 Å². The third-order valence-corrected chi connectivity index (χ3v) is 2.71. The minimum atomic E-state index is -0.713. The number of hydrogen-bond donors (Lipinski definition) is 0.